The SMILES string of the molecule is COc1ccc(C(=O)N2CCC3(CC2)CC(c2noc(-c4ccccc4)n2)N(C)C3)cn1. The fourth-order valence-corrected chi connectivity index (χ4v) is 4.98. The van der Waals surface area contributed by atoms with Gasteiger partial charge >= 0.3 is 0 Å². The molecule has 1 atom stereocenters. The van der Waals surface area contributed by atoms with Gasteiger partial charge in [-0.15, -0.1) is 0 Å². The Hall–Kier alpha value is -3.26. The summed E-state index contributed by atoms with van der Waals surface area (Å²) in [7, 11) is 3.69. The van der Waals surface area contributed by atoms with Crippen molar-refractivity contribution in [3.63, 3.8) is 0 Å². The van der Waals surface area contributed by atoms with Gasteiger partial charge in [-0.3, -0.25) is 9.69 Å². The van der Waals surface area contributed by atoms with Crippen LogP contribution in [0.25, 0.3) is 11.5 Å². The number of aromatic nitrogens is 3. The lowest BCUT2D eigenvalue weighted by molar-refractivity contribution is 0.0593. The van der Waals surface area contributed by atoms with Crippen molar-refractivity contribution < 1.29 is 14.1 Å². The van der Waals surface area contributed by atoms with Crippen molar-refractivity contribution in [3.8, 4) is 17.3 Å². The number of amides is 1. The molecule has 2 aliphatic rings. The predicted octanol–water partition coefficient (Wildman–Crippen LogP) is 3.44. The molecule has 0 N–H and O–H groups in total. The van der Waals surface area contributed by atoms with E-state index in [2.05, 4.69) is 27.1 Å². The highest BCUT2D eigenvalue weighted by Gasteiger charge is 2.46. The van der Waals surface area contributed by atoms with E-state index in [1.54, 1.807) is 25.4 Å². The van der Waals surface area contributed by atoms with E-state index >= 15 is 0 Å². The zero-order valence-corrected chi connectivity index (χ0v) is 18.4. The molecule has 4 heterocycles. The topological polar surface area (TPSA) is 84.6 Å². The fourth-order valence-electron chi connectivity index (χ4n) is 4.98. The molecule has 2 saturated heterocycles. The lowest BCUT2D eigenvalue weighted by atomic mass is 9.76. The lowest BCUT2D eigenvalue weighted by Gasteiger charge is -2.39. The first-order valence-electron chi connectivity index (χ1n) is 11.0. The summed E-state index contributed by atoms with van der Waals surface area (Å²) in [5.74, 6) is 1.84. The molecule has 1 aromatic carbocycles. The molecule has 0 radical (unpaired) electrons. The third kappa shape index (κ3) is 3.86. The van der Waals surface area contributed by atoms with E-state index in [1.165, 1.54) is 0 Å². The van der Waals surface area contributed by atoms with Gasteiger partial charge in [0, 0.05) is 37.5 Å². The van der Waals surface area contributed by atoms with E-state index in [4.69, 9.17) is 9.26 Å². The van der Waals surface area contributed by atoms with Crippen molar-refractivity contribution in [1.29, 1.82) is 0 Å². The van der Waals surface area contributed by atoms with Crippen molar-refractivity contribution in [2.24, 2.45) is 5.41 Å². The summed E-state index contributed by atoms with van der Waals surface area (Å²) in [4.78, 5) is 26.0. The molecule has 0 bridgehead atoms. The highest BCUT2D eigenvalue weighted by Crippen LogP contribution is 2.48. The predicted molar refractivity (Wildman–Crippen MR) is 118 cm³/mol. The molecule has 5 rings (SSSR count). The molecule has 0 aliphatic carbocycles. The second kappa shape index (κ2) is 8.35. The first-order valence-corrected chi connectivity index (χ1v) is 11.0. The van der Waals surface area contributed by atoms with Gasteiger partial charge in [0.1, 0.15) is 0 Å². The molecule has 1 spiro atoms. The van der Waals surface area contributed by atoms with E-state index in [-0.39, 0.29) is 17.4 Å². The maximum Gasteiger partial charge on any atom is 0.257 e. The monoisotopic (exact) mass is 433 g/mol. The number of hydrogen-bond donors (Lipinski definition) is 0. The van der Waals surface area contributed by atoms with Crippen LogP contribution >= 0.6 is 0 Å². The van der Waals surface area contributed by atoms with Crippen molar-refractivity contribution in [1.82, 2.24) is 24.9 Å². The van der Waals surface area contributed by atoms with Crippen LogP contribution < -0.4 is 4.74 Å². The Morgan fingerprint density at radius 3 is 2.62 bits per heavy atom. The number of rotatable bonds is 4. The van der Waals surface area contributed by atoms with Crippen LogP contribution in [0.1, 0.15) is 41.5 Å². The fraction of sp³-hybridized carbons (Fsp3) is 0.417. The molecule has 3 aromatic rings. The molecular weight excluding hydrogens is 406 g/mol. The number of likely N-dealkylation sites (tertiary alicyclic amines) is 2. The Bertz CT molecular complexity index is 1070. The van der Waals surface area contributed by atoms with Crippen molar-refractivity contribution in [3.05, 3.63) is 60.0 Å². The Kier molecular flexibility index (Phi) is 5.38. The number of methoxy groups -OCH3 is 1. The summed E-state index contributed by atoms with van der Waals surface area (Å²) in [6.07, 6.45) is 4.49. The maximum absolute atomic E-state index is 12.9. The van der Waals surface area contributed by atoms with E-state index in [0.29, 0.717) is 17.3 Å². The van der Waals surface area contributed by atoms with Crippen molar-refractivity contribution >= 4 is 5.91 Å². The van der Waals surface area contributed by atoms with Crippen LogP contribution in [0, 0.1) is 5.41 Å². The van der Waals surface area contributed by atoms with Gasteiger partial charge < -0.3 is 14.2 Å². The van der Waals surface area contributed by atoms with Crippen LogP contribution in [0.3, 0.4) is 0 Å². The number of carbonyl (C=O) groups excluding carboxylic acids is 1. The first-order chi connectivity index (χ1) is 15.6. The number of hydrogen-bond acceptors (Lipinski definition) is 7. The Morgan fingerprint density at radius 2 is 1.94 bits per heavy atom. The van der Waals surface area contributed by atoms with Crippen LogP contribution in [0.4, 0.5) is 0 Å². The lowest BCUT2D eigenvalue weighted by Crippen LogP contribution is -2.44. The van der Waals surface area contributed by atoms with Gasteiger partial charge in [-0.25, -0.2) is 4.98 Å². The Morgan fingerprint density at radius 1 is 1.16 bits per heavy atom. The number of piperidine rings is 1. The standard InChI is InChI=1S/C24H27N5O3/c1-28-16-24(14-19(28)21-26-22(32-27-21)17-6-4-3-5-7-17)10-12-29(13-11-24)23(30)18-8-9-20(31-2)25-15-18/h3-9,15,19H,10-14,16H2,1-2H3. The molecular formula is C24H27N5O3. The minimum absolute atomic E-state index is 0.0311. The average Bonchev–Trinajstić information content (AvgIpc) is 3.45. The zero-order valence-electron chi connectivity index (χ0n) is 18.4. The van der Waals surface area contributed by atoms with Crippen LogP contribution in [0.5, 0.6) is 5.88 Å². The van der Waals surface area contributed by atoms with Gasteiger partial charge in [-0.1, -0.05) is 23.4 Å². The van der Waals surface area contributed by atoms with Crippen LogP contribution in [-0.4, -0.2) is 64.6 Å². The summed E-state index contributed by atoms with van der Waals surface area (Å²) in [5.41, 5.74) is 1.70. The Balaban J connectivity index is 1.24. The zero-order chi connectivity index (χ0) is 22.1. The Labute approximate surface area is 187 Å². The summed E-state index contributed by atoms with van der Waals surface area (Å²) in [6, 6.07) is 13.5. The minimum Gasteiger partial charge on any atom is -0.481 e. The van der Waals surface area contributed by atoms with Gasteiger partial charge in [-0.05, 0) is 49.9 Å². The van der Waals surface area contributed by atoms with Gasteiger partial charge in [0.2, 0.25) is 5.88 Å². The molecule has 8 heteroatoms. The number of benzene rings is 1. The third-order valence-electron chi connectivity index (χ3n) is 6.81. The molecule has 2 aromatic heterocycles. The van der Waals surface area contributed by atoms with Crippen LogP contribution in [0.15, 0.2) is 53.2 Å². The van der Waals surface area contributed by atoms with Gasteiger partial charge in [0.05, 0.1) is 18.7 Å². The van der Waals surface area contributed by atoms with Crippen molar-refractivity contribution in [2.75, 3.05) is 33.8 Å². The molecule has 2 fully saturated rings. The number of carbonyl (C=O) groups is 1. The van der Waals surface area contributed by atoms with Crippen LogP contribution in [-0.2, 0) is 0 Å². The molecule has 166 valence electrons. The van der Waals surface area contributed by atoms with E-state index in [0.717, 1.165) is 50.3 Å². The molecule has 8 nitrogen and oxygen atoms in total. The summed E-state index contributed by atoms with van der Waals surface area (Å²) in [5, 5.41) is 4.29. The van der Waals surface area contributed by atoms with E-state index < -0.39 is 0 Å². The molecule has 0 saturated carbocycles. The molecule has 2 aliphatic heterocycles. The average molecular weight is 434 g/mol. The molecule has 1 unspecified atom stereocenters. The van der Waals surface area contributed by atoms with E-state index in [1.807, 2.05) is 35.2 Å². The summed E-state index contributed by atoms with van der Waals surface area (Å²) in [6.45, 7) is 2.46. The van der Waals surface area contributed by atoms with Gasteiger partial charge in [0.15, 0.2) is 5.82 Å². The third-order valence-corrected chi connectivity index (χ3v) is 6.81. The quantitative estimate of drug-likeness (QED) is 0.623. The summed E-state index contributed by atoms with van der Waals surface area (Å²) >= 11 is 0. The van der Waals surface area contributed by atoms with Gasteiger partial charge in [-0.2, -0.15) is 4.98 Å². The van der Waals surface area contributed by atoms with Crippen molar-refractivity contribution in [2.45, 2.75) is 25.3 Å². The van der Waals surface area contributed by atoms with E-state index in [9.17, 15) is 4.79 Å². The van der Waals surface area contributed by atoms with Crippen LogP contribution in [0.2, 0.25) is 0 Å². The number of pyridine rings is 1. The summed E-state index contributed by atoms with van der Waals surface area (Å²) < 4.78 is 10.6. The molecule has 1 amide bonds. The number of ether oxygens (including phenoxy) is 1. The first kappa shape index (κ1) is 20.6. The second-order valence-electron chi connectivity index (χ2n) is 8.84. The van der Waals surface area contributed by atoms with Gasteiger partial charge in [0.25, 0.3) is 11.8 Å². The second-order valence-corrected chi connectivity index (χ2v) is 8.84. The normalized spacial score (nSPS) is 20.6. The smallest absolute Gasteiger partial charge is 0.257 e. The highest BCUT2D eigenvalue weighted by molar-refractivity contribution is 5.94. The largest absolute Gasteiger partial charge is 0.481 e. The highest BCUT2D eigenvalue weighted by atomic mass is 16.5. The minimum atomic E-state index is 0.0311. The maximum atomic E-state index is 12.9. The molecule has 32 heavy (non-hydrogen) atoms. The number of nitrogens with zero attached hydrogens (tertiary/aromatic N) is 5.